The minimum absolute atomic E-state index is 0.183. The van der Waals surface area contributed by atoms with E-state index in [0.717, 1.165) is 25.9 Å². The summed E-state index contributed by atoms with van der Waals surface area (Å²) in [4.78, 5) is 10.5. The average Bonchev–Trinajstić information content (AvgIpc) is 2.30. The number of hydrogen-bond acceptors (Lipinski definition) is 2. The zero-order valence-corrected chi connectivity index (χ0v) is 11.5. The normalized spacial score (nSPS) is 10.6. The Bertz CT molecular complexity index is 172. The summed E-state index contributed by atoms with van der Waals surface area (Å²) < 4.78 is 0. The average molecular weight is 242 g/mol. The highest BCUT2D eigenvalue weighted by Crippen LogP contribution is 2.06. The second-order valence-corrected chi connectivity index (χ2v) is 4.79. The monoisotopic (exact) mass is 242 g/mol. The van der Waals surface area contributed by atoms with Gasteiger partial charge in [0.05, 0.1) is 0 Å². The van der Waals surface area contributed by atoms with Crippen molar-refractivity contribution in [3.05, 3.63) is 0 Å². The topological polar surface area (TPSA) is 55.1 Å². The third-order valence-electron chi connectivity index (χ3n) is 2.98. The van der Waals surface area contributed by atoms with Gasteiger partial charge in [-0.05, 0) is 32.4 Å². The Hall–Kier alpha value is -0.570. The van der Waals surface area contributed by atoms with Crippen LogP contribution >= 0.6 is 0 Å². The van der Waals surface area contributed by atoms with Crippen molar-refractivity contribution in [1.29, 1.82) is 0 Å². The Balaban J connectivity index is 2.91. The Kier molecular flexibility index (Phi) is 13.0. The van der Waals surface area contributed by atoms with Crippen molar-refractivity contribution in [2.45, 2.75) is 71.1 Å². The molecule has 0 fully saturated rings. The Morgan fingerprint density at radius 1 is 0.882 bits per heavy atom. The minimum Gasteiger partial charge on any atom is -0.370 e. The van der Waals surface area contributed by atoms with E-state index in [4.69, 9.17) is 5.73 Å². The van der Waals surface area contributed by atoms with Gasteiger partial charge in [0.1, 0.15) is 0 Å². The molecule has 102 valence electrons. The van der Waals surface area contributed by atoms with E-state index in [9.17, 15) is 4.79 Å². The van der Waals surface area contributed by atoms with E-state index in [2.05, 4.69) is 12.2 Å². The predicted octanol–water partition coefficient (Wildman–Crippen LogP) is 2.98. The van der Waals surface area contributed by atoms with E-state index >= 15 is 0 Å². The molecule has 0 aromatic carbocycles. The lowest BCUT2D eigenvalue weighted by atomic mass is 10.1. The largest absolute Gasteiger partial charge is 0.370 e. The summed E-state index contributed by atoms with van der Waals surface area (Å²) in [6.45, 7) is 4.38. The second-order valence-electron chi connectivity index (χ2n) is 4.79. The number of carbonyl (C=O) groups excluding carboxylic acids is 1. The van der Waals surface area contributed by atoms with Crippen LogP contribution in [0.4, 0.5) is 0 Å². The molecule has 0 saturated heterocycles. The lowest BCUT2D eigenvalue weighted by Gasteiger charge is -2.04. The molecule has 0 heterocycles. The Morgan fingerprint density at radius 2 is 1.41 bits per heavy atom. The van der Waals surface area contributed by atoms with Gasteiger partial charge in [-0.15, -0.1) is 0 Å². The fourth-order valence-electron chi connectivity index (χ4n) is 1.88. The highest BCUT2D eigenvalue weighted by Gasteiger charge is 1.94. The van der Waals surface area contributed by atoms with Crippen molar-refractivity contribution in [2.75, 3.05) is 13.1 Å². The molecule has 0 spiro atoms. The van der Waals surface area contributed by atoms with Gasteiger partial charge in [0.25, 0.3) is 0 Å². The highest BCUT2D eigenvalue weighted by molar-refractivity contribution is 5.73. The molecule has 0 aromatic rings. The van der Waals surface area contributed by atoms with Gasteiger partial charge in [0.2, 0.25) is 5.91 Å². The first kappa shape index (κ1) is 16.4. The van der Waals surface area contributed by atoms with Crippen molar-refractivity contribution in [2.24, 2.45) is 5.73 Å². The van der Waals surface area contributed by atoms with Crippen LogP contribution in [0, 0.1) is 0 Å². The molecule has 1 amide bonds. The molecular formula is C14H30N2O. The number of primary amides is 1. The summed E-state index contributed by atoms with van der Waals surface area (Å²) in [5.74, 6) is -0.183. The first-order chi connectivity index (χ1) is 8.27. The van der Waals surface area contributed by atoms with Crippen LogP contribution in [-0.4, -0.2) is 19.0 Å². The third-order valence-corrected chi connectivity index (χ3v) is 2.98. The summed E-state index contributed by atoms with van der Waals surface area (Å²) in [7, 11) is 0. The standard InChI is InChI=1S/C14H30N2O/c1-2-3-4-5-6-7-9-12-16-13-10-8-11-14(15)17/h16H,2-13H2,1H3,(H2,15,17). The summed E-state index contributed by atoms with van der Waals surface area (Å²) in [5, 5.41) is 3.41. The maximum absolute atomic E-state index is 10.5. The number of carbonyl (C=O) groups is 1. The second kappa shape index (κ2) is 13.5. The van der Waals surface area contributed by atoms with E-state index in [1.54, 1.807) is 0 Å². The van der Waals surface area contributed by atoms with E-state index in [1.807, 2.05) is 0 Å². The first-order valence-electron chi connectivity index (χ1n) is 7.26. The van der Waals surface area contributed by atoms with Crippen LogP contribution in [-0.2, 0) is 4.79 Å². The molecule has 0 radical (unpaired) electrons. The number of rotatable bonds is 13. The van der Waals surface area contributed by atoms with Crippen LogP contribution in [0.1, 0.15) is 71.1 Å². The number of hydrogen-bond donors (Lipinski definition) is 2. The summed E-state index contributed by atoms with van der Waals surface area (Å²) in [6.07, 6.45) is 12.0. The molecule has 0 bridgehead atoms. The summed E-state index contributed by atoms with van der Waals surface area (Å²) in [6, 6.07) is 0. The molecule has 0 rings (SSSR count). The van der Waals surface area contributed by atoms with Crippen molar-refractivity contribution < 1.29 is 4.79 Å². The van der Waals surface area contributed by atoms with Gasteiger partial charge in [-0.3, -0.25) is 4.79 Å². The maximum Gasteiger partial charge on any atom is 0.217 e. The van der Waals surface area contributed by atoms with Gasteiger partial charge >= 0.3 is 0 Å². The third kappa shape index (κ3) is 15.4. The zero-order valence-electron chi connectivity index (χ0n) is 11.5. The maximum atomic E-state index is 10.5. The molecule has 0 atom stereocenters. The molecule has 3 N–H and O–H groups in total. The predicted molar refractivity (Wildman–Crippen MR) is 73.9 cm³/mol. The Labute approximate surface area is 107 Å². The van der Waals surface area contributed by atoms with Crippen molar-refractivity contribution >= 4 is 5.91 Å². The van der Waals surface area contributed by atoms with Crippen molar-refractivity contribution in [3.8, 4) is 0 Å². The highest BCUT2D eigenvalue weighted by atomic mass is 16.1. The van der Waals surface area contributed by atoms with Crippen LogP contribution < -0.4 is 11.1 Å². The number of unbranched alkanes of at least 4 members (excludes halogenated alkanes) is 7. The smallest absolute Gasteiger partial charge is 0.217 e. The van der Waals surface area contributed by atoms with Gasteiger partial charge in [-0.25, -0.2) is 0 Å². The number of nitrogens with one attached hydrogen (secondary N) is 1. The van der Waals surface area contributed by atoms with Crippen LogP contribution in [0.3, 0.4) is 0 Å². The number of amides is 1. The number of nitrogens with two attached hydrogens (primary N) is 1. The summed E-state index contributed by atoms with van der Waals surface area (Å²) >= 11 is 0. The van der Waals surface area contributed by atoms with Crippen LogP contribution in [0.25, 0.3) is 0 Å². The molecule has 17 heavy (non-hydrogen) atoms. The van der Waals surface area contributed by atoms with Gasteiger partial charge in [0, 0.05) is 6.42 Å². The minimum atomic E-state index is -0.183. The summed E-state index contributed by atoms with van der Waals surface area (Å²) in [5.41, 5.74) is 5.06. The van der Waals surface area contributed by atoms with E-state index < -0.39 is 0 Å². The van der Waals surface area contributed by atoms with Gasteiger partial charge in [0.15, 0.2) is 0 Å². The van der Waals surface area contributed by atoms with Crippen LogP contribution in [0.5, 0.6) is 0 Å². The van der Waals surface area contributed by atoms with Crippen molar-refractivity contribution in [3.63, 3.8) is 0 Å². The molecule has 0 saturated carbocycles. The quantitative estimate of drug-likeness (QED) is 0.488. The first-order valence-corrected chi connectivity index (χ1v) is 7.26. The molecule has 0 aliphatic heterocycles. The molecule has 0 unspecified atom stereocenters. The SMILES string of the molecule is CCCCCCCCCNCCCCC(N)=O. The van der Waals surface area contributed by atoms with Gasteiger partial charge < -0.3 is 11.1 Å². The molecule has 3 heteroatoms. The lowest BCUT2D eigenvalue weighted by molar-refractivity contribution is -0.118. The molecule has 0 aromatic heterocycles. The molecule has 0 aliphatic rings. The molecule has 3 nitrogen and oxygen atoms in total. The van der Waals surface area contributed by atoms with Crippen LogP contribution in [0.2, 0.25) is 0 Å². The fourth-order valence-corrected chi connectivity index (χ4v) is 1.88. The van der Waals surface area contributed by atoms with Crippen molar-refractivity contribution in [1.82, 2.24) is 5.32 Å². The fraction of sp³-hybridized carbons (Fsp3) is 0.929. The zero-order chi connectivity index (χ0) is 12.8. The Morgan fingerprint density at radius 3 is 2.00 bits per heavy atom. The molecular weight excluding hydrogens is 212 g/mol. The lowest BCUT2D eigenvalue weighted by Crippen LogP contribution is -2.17. The van der Waals surface area contributed by atoms with E-state index in [1.165, 1.54) is 44.9 Å². The van der Waals surface area contributed by atoms with Crippen LogP contribution in [0.15, 0.2) is 0 Å². The van der Waals surface area contributed by atoms with E-state index in [-0.39, 0.29) is 5.91 Å². The van der Waals surface area contributed by atoms with E-state index in [0.29, 0.717) is 6.42 Å². The van der Waals surface area contributed by atoms with Gasteiger partial charge in [-0.1, -0.05) is 45.4 Å². The van der Waals surface area contributed by atoms with Gasteiger partial charge in [-0.2, -0.15) is 0 Å². The molecule has 0 aliphatic carbocycles.